The first-order valence-corrected chi connectivity index (χ1v) is 6.69. The molecule has 0 saturated heterocycles. The van der Waals surface area contributed by atoms with Gasteiger partial charge in [-0.15, -0.1) is 0 Å². The van der Waals surface area contributed by atoms with Gasteiger partial charge in [-0.2, -0.15) is 0 Å². The summed E-state index contributed by atoms with van der Waals surface area (Å²) in [5.41, 5.74) is 0. The first kappa shape index (κ1) is 14.7. The molecule has 0 saturated carbocycles. The van der Waals surface area contributed by atoms with Gasteiger partial charge in [-0.25, -0.2) is 0 Å². The number of ether oxygens (including phenoxy) is 2. The van der Waals surface area contributed by atoms with Crippen LogP contribution in [0.15, 0.2) is 12.2 Å². The molecule has 0 aromatic heterocycles. The monoisotopic (exact) mass is 254 g/mol. The van der Waals surface area contributed by atoms with Crippen LogP contribution in [-0.2, 0) is 19.1 Å². The minimum Gasteiger partial charge on any atom is -0.465 e. The molecule has 0 amide bonds. The van der Waals surface area contributed by atoms with E-state index < -0.39 is 0 Å². The van der Waals surface area contributed by atoms with Crippen molar-refractivity contribution >= 4 is 11.9 Å². The maximum Gasteiger partial charge on any atom is 0.310 e. The molecule has 0 spiro atoms. The van der Waals surface area contributed by atoms with E-state index >= 15 is 0 Å². The highest BCUT2D eigenvalue weighted by molar-refractivity contribution is 5.82. The predicted molar refractivity (Wildman–Crippen MR) is 67.9 cm³/mol. The van der Waals surface area contributed by atoms with Gasteiger partial charge in [0.05, 0.1) is 25.0 Å². The molecule has 0 radical (unpaired) electrons. The molecule has 1 aliphatic carbocycles. The van der Waals surface area contributed by atoms with Crippen LogP contribution >= 0.6 is 0 Å². The summed E-state index contributed by atoms with van der Waals surface area (Å²) < 4.78 is 10.3. The van der Waals surface area contributed by atoms with E-state index in [1.807, 2.05) is 26.0 Å². The molecule has 0 aliphatic heterocycles. The second kappa shape index (κ2) is 7.90. The van der Waals surface area contributed by atoms with Gasteiger partial charge in [0.25, 0.3) is 0 Å². The minimum absolute atomic E-state index is 0.278. The van der Waals surface area contributed by atoms with Crippen LogP contribution < -0.4 is 0 Å². The molecule has 0 aromatic rings. The van der Waals surface area contributed by atoms with Crippen molar-refractivity contribution in [1.29, 1.82) is 0 Å². The third-order valence-electron chi connectivity index (χ3n) is 2.93. The molecule has 1 aliphatic rings. The summed E-state index contributed by atoms with van der Waals surface area (Å²) in [6.45, 7) is 4.72. The van der Waals surface area contributed by atoms with E-state index in [4.69, 9.17) is 9.47 Å². The van der Waals surface area contributed by atoms with E-state index in [0.717, 1.165) is 12.8 Å². The van der Waals surface area contributed by atoms with Gasteiger partial charge in [-0.3, -0.25) is 9.59 Å². The summed E-state index contributed by atoms with van der Waals surface area (Å²) in [7, 11) is 0. The number of carbonyl (C=O) groups is 2. The lowest BCUT2D eigenvalue weighted by atomic mass is 9.83. The van der Waals surface area contributed by atoms with E-state index in [9.17, 15) is 9.59 Å². The molecule has 0 unspecified atom stereocenters. The topological polar surface area (TPSA) is 52.6 Å². The van der Waals surface area contributed by atoms with Crippen LogP contribution in [0.4, 0.5) is 0 Å². The van der Waals surface area contributed by atoms with Crippen molar-refractivity contribution in [3.05, 3.63) is 12.2 Å². The number of hydrogen-bond acceptors (Lipinski definition) is 4. The molecule has 18 heavy (non-hydrogen) atoms. The van der Waals surface area contributed by atoms with Crippen molar-refractivity contribution in [3.63, 3.8) is 0 Å². The van der Waals surface area contributed by atoms with Gasteiger partial charge in [0.15, 0.2) is 0 Å². The summed E-state index contributed by atoms with van der Waals surface area (Å²) in [6, 6.07) is 0. The maximum atomic E-state index is 11.9. The van der Waals surface area contributed by atoms with Crippen LogP contribution in [0.25, 0.3) is 0 Å². The molecule has 0 bridgehead atoms. The highest BCUT2D eigenvalue weighted by Gasteiger charge is 2.36. The number of rotatable bonds is 6. The molecule has 2 atom stereocenters. The summed E-state index contributed by atoms with van der Waals surface area (Å²) in [6.07, 6.45) is 6.57. The van der Waals surface area contributed by atoms with Gasteiger partial charge in [0.2, 0.25) is 0 Å². The van der Waals surface area contributed by atoms with E-state index in [-0.39, 0.29) is 23.8 Å². The molecule has 0 heterocycles. The Bertz CT molecular complexity index is 279. The standard InChI is InChI=1S/C14H22O4/c1-3-9-17-13(15)11-7-5-6-8-12(11)14(16)18-10-4-2/h5-6,11-12H,3-4,7-10H2,1-2H3/t11-,12+. The Labute approximate surface area is 108 Å². The lowest BCUT2D eigenvalue weighted by molar-refractivity contribution is -0.161. The largest absolute Gasteiger partial charge is 0.465 e. The van der Waals surface area contributed by atoms with E-state index in [1.54, 1.807) is 0 Å². The SMILES string of the molecule is CCCOC(=O)[C@H]1CC=CC[C@H]1C(=O)OCCC. The number of hydrogen-bond donors (Lipinski definition) is 0. The Morgan fingerprint density at radius 3 is 1.67 bits per heavy atom. The summed E-state index contributed by atoms with van der Waals surface area (Å²) in [5, 5.41) is 0. The zero-order valence-corrected chi connectivity index (χ0v) is 11.2. The lowest BCUT2D eigenvalue weighted by Gasteiger charge is -2.25. The van der Waals surface area contributed by atoms with Gasteiger partial charge in [0, 0.05) is 0 Å². The van der Waals surface area contributed by atoms with Gasteiger partial charge >= 0.3 is 11.9 Å². The molecular formula is C14H22O4. The fraction of sp³-hybridized carbons (Fsp3) is 0.714. The van der Waals surface area contributed by atoms with E-state index in [2.05, 4.69) is 0 Å². The van der Waals surface area contributed by atoms with Crippen LogP contribution in [0.3, 0.4) is 0 Å². The Balaban J connectivity index is 2.59. The predicted octanol–water partition coefficient (Wildman–Crippen LogP) is 2.48. The fourth-order valence-corrected chi connectivity index (χ4v) is 1.95. The number of esters is 2. The molecule has 102 valence electrons. The second-order valence-corrected chi connectivity index (χ2v) is 4.49. The Morgan fingerprint density at radius 2 is 1.33 bits per heavy atom. The van der Waals surface area contributed by atoms with Crippen molar-refractivity contribution in [2.45, 2.75) is 39.5 Å². The lowest BCUT2D eigenvalue weighted by Crippen LogP contribution is -2.33. The van der Waals surface area contributed by atoms with Crippen molar-refractivity contribution in [2.24, 2.45) is 11.8 Å². The molecule has 4 heteroatoms. The van der Waals surface area contributed by atoms with Crippen LogP contribution in [0.5, 0.6) is 0 Å². The molecule has 0 N–H and O–H groups in total. The molecular weight excluding hydrogens is 232 g/mol. The maximum absolute atomic E-state index is 11.9. The molecule has 1 rings (SSSR count). The van der Waals surface area contributed by atoms with Crippen LogP contribution in [-0.4, -0.2) is 25.2 Å². The van der Waals surface area contributed by atoms with E-state index in [1.165, 1.54) is 0 Å². The zero-order valence-electron chi connectivity index (χ0n) is 11.2. The van der Waals surface area contributed by atoms with Crippen LogP contribution in [0.2, 0.25) is 0 Å². The first-order valence-electron chi connectivity index (χ1n) is 6.69. The summed E-state index contributed by atoms with van der Waals surface area (Å²) in [4.78, 5) is 23.8. The smallest absolute Gasteiger partial charge is 0.310 e. The Morgan fingerprint density at radius 1 is 0.944 bits per heavy atom. The zero-order chi connectivity index (χ0) is 13.4. The third-order valence-corrected chi connectivity index (χ3v) is 2.93. The van der Waals surface area contributed by atoms with Crippen molar-refractivity contribution in [1.82, 2.24) is 0 Å². The van der Waals surface area contributed by atoms with Crippen LogP contribution in [0, 0.1) is 11.8 Å². The van der Waals surface area contributed by atoms with Crippen molar-refractivity contribution in [2.75, 3.05) is 13.2 Å². The summed E-state index contributed by atoms with van der Waals surface area (Å²) >= 11 is 0. The number of carbonyl (C=O) groups excluding carboxylic acids is 2. The Kier molecular flexibility index (Phi) is 6.47. The fourth-order valence-electron chi connectivity index (χ4n) is 1.95. The molecule has 0 aromatic carbocycles. The Hall–Kier alpha value is -1.32. The van der Waals surface area contributed by atoms with Crippen LogP contribution in [0.1, 0.15) is 39.5 Å². The quantitative estimate of drug-likeness (QED) is 0.539. The minimum atomic E-state index is -0.383. The molecule has 4 nitrogen and oxygen atoms in total. The summed E-state index contributed by atoms with van der Waals surface area (Å²) in [5.74, 6) is -1.32. The van der Waals surface area contributed by atoms with Gasteiger partial charge < -0.3 is 9.47 Å². The number of allylic oxidation sites excluding steroid dienone is 2. The molecule has 0 fully saturated rings. The van der Waals surface area contributed by atoms with Crippen molar-refractivity contribution < 1.29 is 19.1 Å². The average Bonchev–Trinajstić information content (AvgIpc) is 2.42. The highest BCUT2D eigenvalue weighted by atomic mass is 16.5. The normalized spacial score (nSPS) is 22.6. The highest BCUT2D eigenvalue weighted by Crippen LogP contribution is 2.28. The second-order valence-electron chi connectivity index (χ2n) is 4.49. The average molecular weight is 254 g/mol. The van der Waals surface area contributed by atoms with Gasteiger partial charge in [0.1, 0.15) is 0 Å². The van der Waals surface area contributed by atoms with E-state index in [0.29, 0.717) is 26.1 Å². The van der Waals surface area contributed by atoms with Gasteiger partial charge in [-0.05, 0) is 25.7 Å². The van der Waals surface area contributed by atoms with Crippen molar-refractivity contribution in [3.8, 4) is 0 Å². The van der Waals surface area contributed by atoms with Gasteiger partial charge in [-0.1, -0.05) is 26.0 Å². The third kappa shape index (κ3) is 4.17. The first-order chi connectivity index (χ1) is 8.70.